The molecule has 2 aromatic rings. The van der Waals surface area contributed by atoms with Gasteiger partial charge in [0, 0.05) is 16.4 Å². The summed E-state index contributed by atoms with van der Waals surface area (Å²) < 4.78 is 32.4. The van der Waals surface area contributed by atoms with Crippen LogP contribution in [0.5, 0.6) is 5.75 Å². The predicted octanol–water partition coefficient (Wildman–Crippen LogP) is 5.10. The lowest BCUT2D eigenvalue weighted by Gasteiger charge is -2.32. The van der Waals surface area contributed by atoms with E-state index in [2.05, 4.69) is 15.9 Å². The smallest absolute Gasteiger partial charge is 0.456 e. The molecule has 2 aromatic carbocycles. The average molecular weight is 531 g/mol. The maximum atomic E-state index is 12.8. The molecule has 2 aliphatic rings. The maximum Gasteiger partial charge on any atom is 0.456 e. The topological polar surface area (TPSA) is 83.8 Å². The fourth-order valence-corrected chi connectivity index (χ4v) is 7.44. The molecule has 2 aliphatic heterocycles. The van der Waals surface area contributed by atoms with E-state index in [0.29, 0.717) is 18.4 Å². The van der Waals surface area contributed by atoms with Gasteiger partial charge in [-0.3, -0.25) is 0 Å². The van der Waals surface area contributed by atoms with Crippen molar-refractivity contribution < 1.29 is 23.2 Å². The van der Waals surface area contributed by atoms with E-state index < -0.39 is 28.3 Å². The molecule has 5 nitrogen and oxygen atoms in total. The van der Waals surface area contributed by atoms with Crippen LogP contribution in [0.15, 0.2) is 64.1 Å². The second kappa shape index (κ2) is 9.78. The number of halogens is 1. The number of phenolic OH excluding ortho intramolecular Hbond substituents is 1. The molecule has 0 saturated carbocycles. The molecule has 0 aliphatic carbocycles. The van der Waals surface area contributed by atoms with Crippen molar-refractivity contribution in [1.82, 2.24) is 0 Å². The fourth-order valence-electron chi connectivity index (χ4n) is 4.78. The van der Waals surface area contributed by atoms with Gasteiger partial charge in [-0.15, -0.1) is 0 Å². The van der Waals surface area contributed by atoms with Crippen LogP contribution in [0.25, 0.3) is 11.6 Å². The normalized spacial score (nSPS) is 22.7. The van der Waals surface area contributed by atoms with E-state index in [9.17, 15) is 18.5 Å². The molecule has 174 valence electrons. The number of rotatable bonds is 6. The van der Waals surface area contributed by atoms with Crippen molar-refractivity contribution in [3.05, 3.63) is 75.3 Å². The lowest BCUT2D eigenvalue weighted by molar-refractivity contribution is 0.170. The lowest BCUT2D eigenvalue weighted by atomic mass is 9.73. The molecule has 0 amide bonds. The number of fused-ring (bicyclic) bond motifs is 1. The van der Waals surface area contributed by atoms with E-state index in [4.69, 9.17) is 4.65 Å². The molecule has 2 N–H and O–H groups in total. The quantitative estimate of drug-likeness (QED) is 0.308. The second-order valence-electron chi connectivity index (χ2n) is 9.02. The van der Waals surface area contributed by atoms with Crippen molar-refractivity contribution in [3.8, 4) is 5.75 Å². The predicted molar refractivity (Wildman–Crippen MR) is 136 cm³/mol. The first kappa shape index (κ1) is 24.3. The van der Waals surface area contributed by atoms with Crippen molar-refractivity contribution in [1.29, 1.82) is 0 Å². The van der Waals surface area contributed by atoms with Crippen LogP contribution in [-0.2, 0) is 14.5 Å². The van der Waals surface area contributed by atoms with Crippen molar-refractivity contribution in [3.63, 3.8) is 0 Å². The Morgan fingerprint density at radius 3 is 2.67 bits per heavy atom. The van der Waals surface area contributed by atoms with E-state index in [1.165, 1.54) is 0 Å². The summed E-state index contributed by atoms with van der Waals surface area (Å²) in [7, 11) is -4.42. The average Bonchev–Trinajstić information content (AvgIpc) is 3.05. The van der Waals surface area contributed by atoms with Crippen LogP contribution < -0.4 is 0 Å². The van der Waals surface area contributed by atoms with Crippen LogP contribution in [-0.4, -0.2) is 42.8 Å². The number of hydrogen-bond donors (Lipinski definition) is 2. The molecule has 4 rings (SSSR count). The third kappa shape index (κ3) is 5.29. The molecule has 0 bridgehead atoms. The Balaban J connectivity index is 1.68. The highest BCUT2D eigenvalue weighted by Gasteiger charge is 2.48. The number of phenols is 1. The minimum Gasteiger partial charge on any atom is -0.507 e. The van der Waals surface area contributed by atoms with Crippen LogP contribution in [0, 0.1) is 5.92 Å². The van der Waals surface area contributed by atoms with Crippen molar-refractivity contribution in [2.45, 2.75) is 44.4 Å². The van der Waals surface area contributed by atoms with Gasteiger partial charge in [0.1, 0.15) is 5.75 Å². The Kier molecular flexibility index (Phi) is 7.19. The first-order valence-corrected chi connectivity index (χ1v) is 13.7. The van der Waals surface area contributed by atoms with Gasteiger partial charge in [-0.25, -0.2) is 8.42 Å². The van der Waals surface area contributed by atoms with Gasteiger partial charge in [-0.1, -0.05) is 60.1 Å². The summed E-state index contributed by atoms with van der Waals surface area (Å²) >= 11 is 3.46. The number of aromatic hydroxyl groups is 1. The van der Waals surface area contributed by atoms with Gasteiger partial charge < -0.3 is 14.8 Å². The molecule has 2 heterocycles. The minimum atomic E-state index is -3.32. The summed E-state index contributed by atoms with van der Waals surface area (Å²) in [5, 5.41) is 20.0. The highest BCUT2D eigenvalue weighted by atomic mass is 79.9. The zero-order valence-electron chi connectivity index (χ0n) is 18.7. The molecule has 1 saturated heterocycles. The monoisotopic (exact) mass is 530 g/mol. The zero-order valence-corrected chi connectivity index (χ0v) is 21.1. The number of allylic oxidation sites excluding steroid dienone is 1. The molecule has 0 unspecified atom stereocenters. The van der Waals surface area contributed by atoms with Crippen LogP contribution >= 0.6 is 15.9 Å². The van der Waals surface area contributed by atoms with E-state index in [-0.39, 0.29) is 23.7 Å². The fraction of sp³-hybridized carbons (Fsp3) is 0.360. The minimum absolute atomic E-state index is 0.0462. The van der Waals surface area contributed by atoms with Gasteiger partial charge in [-0.05, 0) is 65.3 Å². The number of hydrogen-bond acceptors (Lipinski definition) is 5. The highest BCUT2D eigenvalue weighted by Crippen LogP contribution is 2.42. The van der Waals surface area contributed by atoms with Gasteiger partial charge in [0.2, 0.25) is 0 Å². The molecule has 0 radical (unpaired) electrons. The molecule has 33 heavy (non-hydrogen) atoms. The van der Waals surface area contributed by atoms with Gasteiger partial charge in [-0.2, -0.15) is 0 Å². The second-order valence-corrected chi connectivity index (χ2v) is 12.1. The molecule has 0 aromatic heterocycles. The Morgan fingerprint density at radius 1 is 1.24 bits per heavy atom. The summed E-state index contributed by atoms with van der Waals surface area (Å²) in [6.45, 7) is 4.02. The first-order valence-electron chi connectivity index (χ1n) is 11.2. The van der Waals surface area contributed by atoms with E-state index in [1.807, 2.05) is 56.3 Å². The third-order valence-electron chi connectivity index (χ3n) is 6.43. The van der Waals surface area contributed by atoms with Crippen molar-refractivity contribution >= 4 is 44.5 Å². The van der Waals surface area contributed by atoms with Crippen molar-refractivity contribution in [2.75, 3.05) is 5.75 Å². The Hall–Kier alpha value is -1.87. The lowest BCUT2D eigenvalue weighted by Crippen LogP contribution is -2.42. The molecule has 1 fully saturated rings. The molecule has 0 spiro atoms. The summed E-state index contributed by atoms with van der Waals surface area (Å²) in [4.78, 5) is 0. The largest absolute Gasteiger partial charge is 0.507 e. The van der Waals surface area contributed by atoms with Crippen LogP contribution in [0.3, 0.4) is 0 Å². The summed E-state index contributed by atoms with van der Waals surface area (Å²) in [5.41, 5.74) is 4.47. The third-order valence-corrected chi connectivity index (χ3v) is 8.95. The van der Waals surface area contributed by atoms with Crippen LogP contribution in [0.2, 0.25) is 6.32 Å². The standard InChI is InChI=1S/C25H28BBrO5S/c1-16(2)21-15-33(30,31)24-14-26(29)32-23(25(21)24)11-8-18(17-6-4-3-5-7-17)12-19-13-20(27)9-10-22(19)28/h3-7,9-10,12-13,16,23-24,28-29H,8,11,14-15H2,1-2H3/b18-12-/t23-,24+/m1/s1. The van der Waals surface area contributed by atoms with Gasteiger partial charge in [0.05, 0.1) is 17.1 Å². The highest BCUT2D eigenvalue weighted by molar-refractivity contribution is 9.10. The van der Waals surface area contributed by atoms with E-state index >= 15 is 0 Å². The Labute approximate surface area is 204 Å². The Morgan fingerprint density at radius 2 is 1.97 bits per heavy atom. The Bertz CT molecular complexity index is 1190. The molecule has 2 atom stereocenters. The SMILES string of the molecule is CC(C)C1=C2[C@@H](CC/C(=C/c3cc(Br)ccc3O)c3ccccc3)OB(O)C[C@@H]2S(=O)(=O)C1. The first-order chi connectivity index (χ1) is 15.7. The molecular weight excluding hydrogens is 503 g/mol. The van der Waals surface area contributed by atoms with Crippen LogP contribution in [0.1, 0.15) is 37.8 Å². The number of sulfone groups is 1. The number of benzene rings is 2. The van der Waals surface area contributed by atoms with Gasteiger partial charge in [0.25, 0.3) is 0 Å². The molecule has 8 heteroatoms. The van der Waals surface area contributed by atoms with Crippen LogP contribution in [0.4, 0.5) is 0 Å². The van der Waals surface area contributed by atoms with Gasteiger partial charge >= 0.3 is 7.12 Å². The summed E-state index contributed by atoms with van der Waals surface area (Å²) in [5.74, 6) is 0.330. The van der Waals surface area contributed by atoms with Crippen molar-refractivity contribution in [2.24, 2.45) is 5.92 Å². The molecular formula is C25H28BBrO5S. The van der Waals surface area contributed by atoms with Gasteiger partial charge in [0.15, 0.2) is 9.84 Å². The zero-order chi connectivity index (χ0) is 23.8. The summed E-state index contributed by atoms with van der Waals surface area (Å²) in [6.07, 6.45) is 2.71. The maximum absolute atomic E-state index is 12.8. The van der Waals surface area contributed by atoms with E-state index in [1.54, 1.807) is 12.1 Å². The summed E-state index contributed by atoms with van der Waals surface area (Å²) in [6, 6.07) is 15.2. The van der Waals surface area contributed by atoms with E-state index in [0.717, 1.165) is 26.8 Å².